The molecule has 0 aliphatic carbocycles. The minimum Gasteiger partial charge on any atom is -0.346 e. The Labute approximate surface area is 122 Å². The number of carbonyl (C=O) groups is 1. The summed E-state index contributed by atoms with van der Waals surface area (Å²) in [5, 5.41) is 13.5. The lowest BCUT2D eigenvalue weighted by molar-refractivity contribution is -0.387. The van der Waals surface area contributed by atoms with E-state index in [-0.39, 0.29) is 0 Å². The third kappa shape index (κ3) is 3.50. The smallest absolute Gasteiger partial charge is 0.308 e. The Bertz CT molecular complexity index is 548. The molecule has 0 saturated carbocycles. The van der Waals surface area contributed by atoms with Crippen LogP contribution < -0.4 is 5.32 Å². The van der Waals surface area contributed by atoms with Gasteiger partial charge in [-0.2, -0.15) is 4.39 Å². The first kappa shape index (κ1) is 16.5. The van der Waals surface area contributed by atoms with E-state index >= 15 is 0 Å². The first-order valence-electron chi connectivity index (χ1n) is 5.76. The zero-order valence-corrected chi connectivity index (χ0v) is 12.5. The number of nitro benzene ring substituents is 1. The van der Waals surface area contributed by atoms with Crippen molar-refractivity contribution in [2.45, 2.75) is 25.8 Å². The Balaban J connectivity index is 3.20. The van der Waals surface area contributed by atoms with Gasteiger partial charge in [-0.15, -0.1) is 0 Å². The van der Waals surface area contributed by atoms with Gasteiger partial charge in [-0.1, -0.05) is 22.9 Å². The average Bonchev–Trinajstić information content (AvgIpc) is 2.40. The van der Waals surface area contributed by atoms with E-state index in [1.807, 2.05) is 6.92 Å². The molecule has 1 atom stereocenters. The first-order valence-corrected chi connectivity index (χ1v) is 6.88. The van der Waals surface area contributed by atoms with Crippen LogP contribution in [0.15, 0.2) is 12.1 Å². The van der Waals surface area contributed by atoms with Gasteiger partial charge < -0.3 is 5.32 Å². The molecule has 0 spiro atoms. The lowest BCUT2D eigenvalue weighted by Gasteiger charge is -2.27. The van der Waals surface area contributed by atoms with Gasteiger partial charge in [-0.05, 0) is 19.4 Å². The van der Waals surface area contributed by atoms with Crippen molar-refractivity contribution >= 4 is 27.5 Å². The Morgan fingerprint density at radius 3 is 2.55 bits per heavy atom. The molecule has 1 aromatic rings. The summed E-state index contributed by atoms with van der Waals surface area (Å²) in [4.78, 5) is 21.5. The second-order valence-corrected chi connectivity index (χ2v) is 5.11. The van der Waals surface area contributed by atoms with Crippen molar-refractivity contribution in [1.82, 2.24) is 5.32 Å². The maximum atomic E-state index is 13.9. The lowest BCUT2D eigenvalue weighted by Crippen LogP contribution is -2.47. The molecule has 0 aliphatic heterocycles. The third-order valence-electron chi connectivity index (χ3n) is 2.95. The van der Waals surface area contributed by atoms with Gasteiger partial charge >= 0.3 is 5.69 Å². The van der Waals surface area contributed by atoms with E-state index in [0.717, 1.165) is 0 Å². The van der Waals surface area contributed by atoms with Gasteiger partial charge in [0.15, 0.2) is 0 Å². The predicted octanol–water partition coefficient (Wildman–Crippen LogP) is 3.17. The summed E-state index contributed by atoms with van der Waals surface area (Å²) < 4.78 is 27.1. The number of nitrogens with zero attached hydrogens (tertiary/aromatic N) is 1. The van der Waals surface area contributed by atoms with Crippen LogP contribution in [-0.4, -0.2) is 21.7 Å². The second-order valence-electron chi connectivity index (χ2n) is 4.55. The molecule has 1 rings (SSSR count). The van der Waals surface area contributed by atoms with Crippen molar-refractivity contribution < 1.29 is 18.5 Å². The number of carbonyl (C=O) groups excluding carboxylic acids is 1. The molecule has 20 heavy (non-hydrogen) atoms. The van der Waals surface area contributed by atoms with Gasteiger partial charge in [0.1, 0.15) is 5.82 Å². The van der Waals surface area contributed by atoms with Crippen molar-refractivity contribution in [2.75, 3.05) is 5.33 Å². The van der Waals surface area contributed by atoms with Crippen LogP contribution in [0.2, 0.25) is 0 Å². The number of nitro groups is 1. The van der Waals surface area contributed by atoms with E-state index in [2.05, 4.69) is 21.2 Å². The quantitative estimate of drug-likeness (QED) is 0.503. The summed E-state index contributed by atoms with van der Waals surface area (Å²) in [6.45, 7) is 3.52. The van der Waals surface area contributed by atoms with Gasteiger partial charge in [-0.3, -0.25) is 14.9 Å². The van der Waals surface area contributed by atoms with E-state index in [9.17, 15) is 23.7 Å². The second kappa shape index (κ2) is 6.25. The number of halogens is 3. The fraction of sp³-hybridized carbons (Fsp3) is 0.417. The molecule has 0 heterocycles. The van der Waals surface area contributed by atoms with E-state index in [1.165, 1.54) is 0 Å². The van der Waals surface area contributed by atoms with Crippen LogP contribution in [-0.2, 0) is 0 Å². The van der Waals surface area contributed by atoms with Gasteiger partial charge in [0.05, 0.1) is 16.6 Å². The van der Waals surface area contributed by atoms with Crippen LogP contribution in [0.3, 0.4) is 0 Å². The summed E-state index contributed by atoms with van der Waals surface area (Å²) >= 11 is 3.21. The number of hydrogen-bond donors (Lipinski definition) is 1. The summed E-state index contributed by atoms with van der Waals surface area (Å²) in [5.41, 5.74) is -2.41. The molecule has 0 aliphatic rings. The zero-order valence-electron chi connectivity index (χ0n) is 10.9. The van der Waals surface area contributed by atoms with Crippen LogP contribution in [0.25, 0.3) is 0 Å². The standard InChI is InChI=1S/C12H13BrF2N2O3/c1-3-12(2,6-13)16-11(18)8-4-7(14)5-9(10(8)15)17(19)20/h4-5H,3,6H2,1-2H3,(H,16,18). The first-order chi connectivity index (χ1) is 9.24. The molecule has 8 heteroatoms. The zero-order chi connectivity index (χ0) is 15.5. The predicted molar refractivity (Wildman–Crippen MR) is 73.0 cm³/mol. The number of benzene rings is 1. The number of rotatable bonds is 5. The minimum atomic E-state index is -1.35. The van der Waals surface area contributed by atoms with Gasteiger partial charge in [0, 0.05) is 10.9 Å². The molecule has 0 saturated heterocycles. The molecule has 0 aromatic heterocycles. The molecule has 5 nitrogen and oxygen atoms in total. The topological polar surface area (TPSA) is 72.2 Å². The molecule has 0 fully saturated rings. The van der Waals surface area contributed by atoms with E-state index < -0.39 is 39.3 Å². The molecule has 1 aromatic carbocycles. The molecular weight excluding hydrogens is 338 g/mol. The summed E-state index contributed by atoms with van der Waals surface area (Å²) in [6, 6.07) is 1.08. The molecule has 0 radical (unpaired) electrons. The Morgan fingerprint density at radius 1 is 1.50 bits per heavy atom. The molecule has 1 amide bonds. The molecule has 110 valence electrons. The summed E-state index contributed by atoms with van der Waals surface area (Å²) in [5.74, 6) is -3.28. The number of amides is 1. The SMILES string of the molecule is CCC(C)(CBr)NC(=O)c1cc(F)cc([N+](=O)[O-])c1F. The van der Waals surface area contributed by atoms with Crippen LogP contribution in [0.5, 0.6) is 0 Å². The monoisotopic (exact) mass is 350 g/mol. The van der Waals surface area contributed by atoms with E-state index in [1.54, 1.807) is 6.92 Å². The lowest BCUT2D eigenvalue weighted by atomic mass is 10.0. The normalized spacial score (nSPS) is 13.7. The highest BCUT2D eigenvalue weighted by molar-refractivity contribution is 9.09. The Morgan fingerprint density at radius 2 is 2.10 bits per heavy atom. The van der Waals surface area contributed by atoms with Crippen molar-refractivity contribution in [3.63, 3.8) is 0 Å². The number of nitrogens with one attached hydrogen (secondary N) is 1. The van der Waals surface area contributed by atoms with Crippen LogP contribution in [0, 0.1) is 21.7 Å². The van der Waals surface area contributed by atoms with Crippen molar-refractivity contribution in [3.05, 3.63) is 39.4 Å². The summed E-state index contributed by atoms with van der Waals surface area (Å²) in [6.07, 6.45) is 0.545. The van der Waals surface area contributed by atoms with Crippen molar-refractivity contribution in [2.24, 2.45) is 0 Å². The minimum absolute atomic E-state index is 0.404. The molecule has 1 unspecified atom stereocenters. The molecule has 0 bridgehead atoms. The number of hydrogen-bond acceptors (Lipinski definition) is 3. The highest BCUT2D eigenvalue weighted by atomic mass is 79.9. The van der Waals surface area contributed by atoms with Crippen molar-refractivity contribution in [3.8, 4) is 0 Å². The van der Waals surface area contributed by atoms with Crippen LogP contribution >= 0.6 is 15.9 Å². The average molecular weight is 351 g/mol. The third-order valence-corrected chi connectivity index (χ3v) is 4.19. The Kier molecular flexibility index (Phi) is 5.15. The molecular formula is C12H13BrF2N2O3. The van der Waals surface area contributed by atoms with Crippen molar-refractivity contribution in [1.29, 1.82) is 0 Å². The van der Waals surface area contributed by atoms with Gasteiger partial charge in [-0.25, -0.2) is 4.39 Å². The highest BCUT2D eigenvalue weighted by Crippen LogP contribution is 2.23. The highest BCUT2D eigenvalue weighted by Gasteiger charge is 2.28. The van der Waals surface area contributed by atoms with Crippen LogP contribution in [0.1, 0.15) is 30.6 Å². The van der Waals surface area contributed by atoms with E-state index in [4.69, 9.17) is 0 Å². The van der Waals surface area contributed by atoms with E-state index in [0.29, 0.717) is 23.9 Å². The van der Waals surface area contributed by atoms with Crippen LogP contribution in [0.4, 0.5) is 14.5 Å². The molecule has 1 N–H and O–H groups in total. The number of alkyl halides is 1. The maximum absolute atomic E-state index is 13.9. The van der Waals surface area contributed by atoms with Gasteiger partial charge in [0.25, 0.3) is 5.91 Å². The summed E-state index contributed by atoms with van der Waals surface area (Å²) in [7, 11) is 0. The maximum Gasteiger partial charge on any atom is 0.308 e. The van der Waals surface area contributed by atoms with Gasteiger partial charge in [0.2, 0.25) is 5.82 Å². The Hall–Kier alpha value is -1.57. The fourth-order valence-electron chi connectivity index (χ4n) is 1.43. The fourth-order valence-corrected chi connectivity index (χ4v) is 1.97. The largest absolute Gasteiger partial charge is 0.346 e.